The Bertz CT molecular complexity index is 573. The Kier molecular flexibility index (Phi) is 3.47. The molecule has 4 nitrogen and oxygen atoms in total. The van der Waals surface area contributed by atoms with Crippen molar-refractivity contribution in [1.29, 1.82) is 0 Å². The smallest absolute Gasteiger partial charge is 0.264 e. The number of benzene rings is 1. The molecule has 2 aliphatic carbocycles. The molecular weight excluding hydrogens is 278 g/mol. The molecule has 2 bridgehead atoms. The van der Waals surface area contributed by atoms with E-state index in [0.717, 1.165) is 11.8 Å². The summed E-state index contributed by atoms with van der Waals surface area (Å²) in [6, 6.07) is 7.72. The van der Waals surface area contributed by atoms with Crippen molar-refractivity contribution in [2.45, 2.75) is 44.8 Å². The van der Waals surface area contributed by atoms with E-state index in [1.807, 2.05) is 24.3 Å². The second-order valence-corrected chi connectivity index (χ2v) is 7.00. The summed E-state index contributed by atoms with van der Waals surface area (Å²) in [6.07, 6.45) is 4.82. The van der Waals surface area contributed by atoms with Crippen LogP contribution in [0.25, 0.3) is 0 Å². The second-order valence-electron chi connectivity index (χ2n) is 7.00. The van der Waals surface area contributed by atoms with Crippen LogP contribution in [-0.4, -0.2) is 24.7 Å². The fourth-order valence-corrected chi connectivity index (χ4v) is 4.48. The lowest BCUT2D eigenvalue weighted by molar-refractivity contribution is -0.131. The third-order valence-corrected chi connectivity index (χ3v) is 5.61. The summed E-state index contributed by atoms with van der Waals surface area (Å²) in [6.45, 7) is 2.42. The topological polar surface area (TPSA) is 47.6 Å². The Morgan fingerprint density at radius 3 is 2.77 bits per heavy atom. The Balaban J connectivity index is 1.37. The second kappa shape index (κ2) is 5.49. The molecule has 1 amide bonds. The highest BCUT2D eigenvalue weighted by Crippen LogP contribution is 2.49. The number of carbonyl (C=O) groups is 1. The van der Waals surface area contributed by atoms with Gasteiger partial charge < -0.3 is 14.8 Å². The summed E-state index contributed by atoms with van der Waals surface area (Å²) >= 11 is 0. The maximum Gasteiger partial charge on any atom is 0.264 e. The van der Waals surface area contributed by atoms with Crippen molar-refractivity contribution < 1.29 is 14.3 Å². The number of rotatable bonds is 3. The van der Waals surface area contributed by atoms with Crippen LogP contribution in [0.5, 0.6) is 11.5 Å². The van der Waals surface area contributed by atoms with E-state index in [1.165, 1.54) is 25.7 Å². The molecule has 1 aromatic carbocycles. The zero-order valence-corrected chi connectivity index (χ0v) is 13.0. The normalized spacial score (nSPS) is 33.5. The first-order chi connectivity index (χ1) is 10.7. The fraction of sp³-hybridized carbons (Fsp3) is 0.611. The number of ether oxygens (including phenoxy) is 2. The molecule has 4 rings (SSSR count). The van der Waals surface area contributed by atoms with Gasteiger partial charge in [0.2, 0.25) is 6.10 Å². The molecule has 0 radical (unpaired) electrons. The molecule has 1 aliphatic heterocycles. The van der Waals surface area contributed by atoms with E-state index in [4.69, 9.17) is 9.47 Å². The summed E-state index contributed by atoms with van der Waals surface area (Å²) in [5, 5.41) is 3.16. The Hall–Kier alpha value is -1.71. The number of carbonyl (C=O) groups excluding carboxylic acids is 1. The Labute approximate surface area is 131 Å². The summed E-state index contributed by atoms with van der Waals surface area (Å²) in [7, 11) is 0. The van der Waals surface area contributed by atoms with Gasteiger partial charge in [-0.15, -0.1) is 0 Å². The van der Waals surface area contributed by atoms with E-state index in [2.05, 4.69) is 12.2 Å². The van der Waals surface area contributed by atoms with Crippen molar-refractivity contribution in [3.8, 4) is 11.5 Å². The lowest BCUT2D eigenvalue weighted by atomic mass is 9.84. The quantitative estimate of drug-likeness (QED) is 0.934. The fourth-order valence-electron chi connectivity index (χ4n) is 4.48. The zero-order valence-electron chi connectivity index (χ0n) is 13.0. The van der Waals surface area contributed by atoms with Gasteiger partial charge in [-0.05, 0) is 56.1 Å². The van der Waals surface area contributed by atoms with Gasteiger partial charge in [0.1, 0.15) is 6.61 Å². The first kappa shape index (κ1) is 13.9. The minimum Gasteiger partial charge on any atom is -0.485 e. The molecule has 2 saturated carbocycles. The van der Waals surface area contributed by atoms with Gasteiger partial charge in [0.25, 0.3) is 5.91 Å². The number of hydrogen-bond donors (Lipinski definition) is 1. The van der Waals surface area contributed by atoms with Gasteiger partial charge in [0.15, 0.2) is 11.5 Å². The van der Waals surface area contributed by atoms with Gasteiger partial charge >= 0.3 is 0 Å². The minimum absolute atomic E-state index is 0.0511. The van der Waals surface area contributed by atoms with Crippen molar-refractivity contribution in [2.75, 3.05) is 6.61 Å². The van der Waals surface area contributed by atoms with Gasteiger partial charge in [0.05, 0.1) is 0 Å². The number of amides is 1. The van der Waals surface area contributed by atoms with Crippen LogP contribution in [0.2, 0.25) is 0 Å². The first-order valence-electron chi connectivity index (χ1n) is 8.39. The van der Waals surface area contributed by atoms with E-state index < -0.39 is 6.10 Å². The molecule has 0 unspecified atom stereocenters. The van der Waals surface area contributed by atoms with Gasteiger partial charge in [0, 0.05) is 6.04 Å². The van der Waals surface area contributed by atoms with Crippen LogP contribution in [0.1, 0.15) is 32.6 Å². The molecule has 1 heterocycles. The van der Waals surface area contributed by atoms with Crippen LogP contribution in [-0.2, 0) is 4.79 Å². The van der Waals surface area contributed by atoms with Crippen molar-refractivity contribution >= 4 is 5.91 Å². The third kappa shape index (κ3) is 2.44. The lowest BCUT2D eigenvalue weighted by Gasteiger charge is -2.31. The largest absolute Gasteiger partial charge is 0.485 e. The van der Waals surface area contributed by atoms with Gasteiger partial charge in [-0.3, -0.25) is 4.79 Å². The average molecular weight is 301 g/mol. The standard InChI is InChI=1S/C18H23NO3/c1-11(14-9-12-6-7-13(14)8-12)19-18(20)17-10-21-15-4-2-3-5-16(15)22-17/h2-5,11-14,17H,6-10H2,1H3,(H,19,20)/t11-,12-,13-,14+,17+/m0/s1. The number of para-hydroxylation sites is 2. The van der Waals surface area contributed by atoms with Crippen LogP contribution in [0.3, 0.4) is 0 Å². The van der Waals surface area contributed by atoms with E-state index in [9.17, 15) is 4.79 Å². The van der Waals surface area contributed by atoms with E-state index in [0.29, 0.717) is 17.4 Å². The molecule has 0 aromatic heterocycles. The van der Waals surface area contributed by atoms with E-state index in [1.54, 1.807) is 0 Å². The monoisotopic (exact) mass is 301 g/mol. The maximum absolute atomic E-state index is 12.5. The highest BCUT2D eigenvalue weighted by molar-refractivity contribution is 5.82. The number of fused-ring (bicyclic) bond motifs is 3. The van der Waals surface area contributed by atoms with Crippen LogP contribution in [0, 0.1) is 17.8 Å². The Morgan fingerprint density at radius 1 is 1.23 bits per heavy atom. The molecular formula is C18H23NO3. The molecule has 4 heteroatoms. The summed E-state index contributed by atoms with van der Waals surface area (Å²) in [5.74, 6) is 3.67. The van der Waals surface area contributed by atoms with Gasteiger partial charge in [-0.25, -0.2) is 0 Å². The molecule has 5 atom stereocenters. The van der Waals surface area contributed by atoms with Crippen LogP contribution in [0.15, 0.2) is 24.3 Å². The van der Waals surface area contributed by atoms with Crippen molar-refractivity contribution in [2.24, 2.45) is 17.8 Å². The molecule has 22 heavy (non-hydrogen) atoms. The third-order valence-electron chi connectivity index (χ3n) is 5.61. The molecule has 118 valence electrons. The van der Waals surface area contributed by atoms with Crippen molar-refractivity contribution in [3.05, 3.63) is 24.3 Å². The highest BCUT2D eigenvalue weighted by atomic mass is 16.6. The predicted octanol–water partition coefficient (Wildman–Crippen LogP) is 2.77. The van der Waals surface area contributed by atoms with Gasteiger partial charge in [-0.1, -0.05) is 18.6 Å². The SMILES string of the molecule is C[C@H](NC(=O)[C@H]1COc2ccccc2O1)[C@H]1C[C@H]2CC[C@H]1C2. The lowest BCUT2D eigenvalue weighted by Crippen LogP contribution is -2.49. The molecule has 0 saturated heterocycles. The average Bonchev–Trinajstić information content (AvgIpc) is 3.17. The van der Waals surface area contributed by atoms with Crippen LogP contribution in [0.4, 0.5) is 0 Å². The predicted molar refractivity (Wildman–Crippen MR) is 82.9 cm³/mol. The summed E-state index contributed by atoms with van der Waals surface area (Å²) < 4.78 is 11.4. The van der Waals surface area contributed by atoms with E-state index in [-0.39, 0.29) is 18.6 Å². The number of nitrogens with one attached hydrogen (secondary N) is 1. The maximum atomic E-state index is 12.5. The minimum atomic E-state index is -0.545. The van der Waals surface area contributed by atoms with E-state index >= 15 is 0 Å². The summed E-state index contributed by atoms with van der Waals surface area (Å²) in [4.78, 5) is 12.5. The van der Waals surface area contributed by atoms with Crippen LogP contribution >= 0.6 is 0 Å². The molecule has 0 spiro atoms. The molecule has 1 aromatic rings. The summed E-state index contributed by atoms with van der Waals surface area (Å²) in [5.41, 5.74) is 0. The zero-order chi connectivity index (χ0) is 15.1. The van der Waals surface area contributed by atoms with Crippen LogP contribution < -0.4 is 14.8 Å². The first-order valence-corrected chi connectivity index (χ1v) is 8.39. The molecule has 3 aliphatic rings. The molecule has 1 N–H and O–H groups in total. The van der Waals surface area contributed by atoms with Gasteiger partial charge in [-0.2, -0.15) is 0 Å². The molecule has 2 fully saturated rings. The van der Waals surface area contributed by atoms with Crippen molar-refractivity contribution in [3.63, 3.8) is 0 Å². The van der Waals surface area contributed by atoms with Crippen molar-refractivity contribution in [1.82, 2.24) is 5.32 Å². The Morgan fingerprint density at radius 2 is 2.05 bits per heavy atom. The number of hydrogen-bond acceptors (Lipinski definition) is 3. The highest BCUT2D eigenvalue weighted by Gasteiger charge is 2.42.